The van der Waals surface area contributed by atoms with E-state index in [0.29, 0.717) is 22.0 Å². The van der Waals surface area contributed by atoms with Gasteiger partial charge in [-0.25, -0.2) is 0 Å². The molecule has 0 aliphatic rings. The molecule has 2 aromatic rings. The topological polar surface area (TPSA) is 84.2 Å². The Morgan fingerprint density at radius 1 is 1.09 bits per heavy atom. The van der Waals surface area contributed by atoms with Crippen LogP contribution in [-0.2, 0) is 4.79 Å². The van der Waals surface area contributed by atoms with Gasteiger partial charge >= 0.3 is 0 Å². The molecule has 0 spiro atoms. The SMILES string of the molecule is Cc1ccccc1C(=O)Nc1ccc(Cl)cc1NC(=O)CCN. The third-order valence-electron chi connectivity index (χ3n) is 3.26. The van der Waals surface area contributed by atoms with E-state index >= 15 is 0 Å². The maximum absolute atomic E-state index is 12.4. The molecule has 0 bridgehead atoms. The van der Waals surface area contributed by atoms with Crippen LogP contribution in [0.3, 0.4) is 0 Å². The van der Waals surface area contributed by atoms with Crippen molar-refractivity contribution in [3.63, 3.8) is 0 Å². The van der Waals surface area contributed by atoms with Gasteiger partial charge in [0, 0.05) is 23.6 Å². The van der Waals surface area contributed by atoms with Gasteiger partial charge in [-0.1, -0.05) is 29.8 Å². The van der Waals surface area contributed by atoms with Gasteiger partial charge in [0.15, 0.2) is 0 Å². The summed E-state index contributed by atoms with van der Waals surface area (Å²) in [4.78, 5) is 24.1. The lowest BCUT2D eigenvalue weighted by atomic mass is 10.1. The summed E-state index contributed by atoms with van der Waals surface area (Å²) in [6.07, 6.45) is 0.192. The molecule has 120 valence electrons. The van der Waals surface area contributed by atoms with Crippen molar-refractivity contribution in [2.24, 2.45) is 5.73 Å². The number of hydrogen-bond acceptors (Lipinski definition) is 3. The number of anilines is 2. The molecule has 2 amide bonds. The van der Waals surface area contributed by atoms with Gasteiger partial charge in [-0.3, -0.25) is 9.59 Å². The highest BCUT2D eigenvalue weighted by atomic mass is 35.5. The average molecular weight is 332 g/mol. The first-order valence-corrected chi connectivity index (χ1v) is 7.55. The number of hydrogen-bond donors (Lipinski definition) is 3. The summed E-state index contributed by atoms with van der Waals surface area (Å²) in [6.45, 7) is 2.11. The highest BCUT2D eigenvalue weighted by Gasteiger charge is 2.13. The average Bonchev–Trinajstić information content (AvgIpc) is 2.50. The van der Waals surface area contributed by atoms with Crippen LogP contribution in [0.2, 0.25) is 5.02 Å². The zero-order valence-corrected chi connectivity index (χ0v) is 13.5. The molecule has 0 saturated heterocycles. The Balaban J connectivity index is 2.24. The van der Waals surface area contributed by atoms with E-state index in [4.69, 9.17) is 17.3 Å². The standard InChI is InChI=1S/C17H18ClN3O2/c1-11-4-2-3-5-13(11)17(23)21-14-7-6-12(18)10-15(14)20-16(22)8-9-19/h2-7,10H,8-9,19H2,1H3,(H,20,22)(H,21,23). The van der Waals surface area contributed by atoms with Crippen LogP contribution in [0.15, 0.2) is 42.5 Å². The first-order valence-electron chi connectivity index (χ1n) is 7.17. The van der Waals surface area contributed by atoms with Crippen molar-refractivity contribution in [1.29, 1.82) is 0 Å². The Bertz CT molecular complexity index is 732. The van der Waals surface area contributed by atoms with Crippen molar-refractivity contribution in [1.82, 2.24) is 0 Å². The maximum atomic E-state index is 12.4. The molecule has 2 rings (SSSR count). The monoisotopic (exact) mass is 331 g/mol. The summed E-state index contributed by atoms with van der Waals surface area (Å²) in [5.74, 6) is -0.485. The van der Waals surface area contributed by atoms with Gasteiger partial charge in [-0.05, 0) is 36.8 Å². The van der Waals surface area contributed by atoms with Crippen LogP contribution in [0.25, 0.3) is 0 Å². The zero-order chi connectivity index (χ0) is 16.8. The molecule has 0 unspecified atom stereocenters. The van der Waals surface area contributed by atoms with E-state index in [1.165, 1.54) is 0 Å². The molecule has 0 aliphatic carbocycles. The number of amides is 2. The molecule has 23 heavy (non-hydrogen) atoms. The van der Waals surface area contributed by atoms with Gasteiger partial charge in [0.25, 0.3) is 5.91 Å². The number of nitrogens with two attached hydrogens (primary N) is 1. The molecule has 0 atom stereocenters. The number of aryl methyl sites for hydroxylation is 1. The number of carbonyl (C=O) groups is 2. The summed E-state index contributed by atoms with van der Waals surface area (Å²) in [5, 5.41) is 5.96. The molecule has 0 heterocycles. The fourth-order valence-electron chi connectivity index (χ4n) is 2.09. The van der Waals surface area contributed by atoms with Crippen molar-refractivity contribution in [2.75, 3.05) is 17.2 Å². The predicted octanol–water partition coefficient (Wildman–Crippen LogP) is 3.19. The Labute approximate surface area is 139 Å². The summed E-state index contributed by atoms with van der Waals surface area (Å²) >= 11 is 5.97. The zero-order valence-electron chi connectivity index (χ0n) is 12.7. The third-order valence-corrected chi connectivity index (χ3v) is 3.50. The largest absolute Gasteiger partial charge is 0.330 e. The fourth-order valence-corrected chi connectivity index (χ4v) is 2.26. The van der Waals surface area contributed by atoms with Crippen LogP contribution >= 0.6 is 11.6 Å². The van der Waals surface area contributed by atoms with E-state index < -0.39 is 0 Å². The summed E-state index contributed by atoms with van der Waals surface area (Å²) in [6, 6.07) is 12.2. The Kier molecular flexibility index (Phi) is 5.73. The molecule has 0 radical (unpaired) electrons. The Morgan fingerprint density at radius 3 is 2.52 bits per heavy atom. The first-order chi connectivity index (χ1) is 11.0. The van der Waals surface area contributed by atoms with E-state index in [1.54, 1.807) is 30.3 Å². The van der Waals surface area contributed by atoms with Gasteiger partial charge < -0.3 is 16.4 Å². The summed E-state index contributed by atoms with van der Waals surface area (Å²) in [5.41, 5.74) is 7.73. The molecule has 2 aromatic carbocycles. The number of benzene rings is 2. The molecule has 0 aromatic heterocycles. The van der Waals surface area contributed by atoms with Gasteiger partial charge in [-0.15, -0.1) is 0 Å². The smallest absolute Gasteiger partial charge is 0.255 e. The van der Waals surface area contributed by atoms with E-state index in [1.807, 2.05) is 19.1 Å². The van der Waals surface area contributed by atoms with Crippen molar-refractivity contribution >= 4 is 34.8 Å². The minimum atomic E-state index is -0.250. The summed E-state index contributed by atoms with van der Waals surface area (Å²) < 4.78 is 0. The van der Waals surface area contributed by atoms with Crippen molar-refractivity contribution in [3.05, 3.63) is 58.6 Å². The van der Waals surface area contributed by atoms with Crippen LogP contribution in [0.1, 0.15) is 22.3 Å². The van der Waals surface area contributed by atoms with E-state index in [2.05, 4.69) is 10.6 Å². The van der Waals surface area contributed by atoms with Gasteiger partial charge in [0.1, 0.15) is 0 Å². The van der Waals surface area contributed by atoms with E-state index in [-0.39, 0.29) is 24.8 Å². The Morgan fingerprint density at radius 2 is 1.83 bits per heavy atom. The van der Waals surface area contributed by atoms with Crippen LogP contribution < -0.4 is 16.4 Å². The van der Waals surface area contributed by atoms with E-state index in [0.717, 1.165) is 5.56 Å². The fraction of sp³-hybridized carbons (Fsp3) is 0.176. The third kappa shape index (κ3) is 4.55. The van der Waals surface area contributed by atoms with Crippen molar-refractivity contribution in [2.45, 2.75) is 13.3 Å². The minimum Gasteiger partial charge on any atom is -0.330 e. The second kappa shape index (κ2) is 7.76. The van der Waals surface area contributed by atoms with Crippen LogP contribution in [0.5, 0.6) is 0 Å². The van der Waals surface area contributed by atoms with Gasteiger partial charge in [0.05, 0.1) is 11.4 Å². The molecule has 4 N–H and O–H groups in total. The van der Waals surface area contributed by atoms with Gasteiger partial charge in [-0.2, -0.15) is 0 Å². The second-order valence-electron chi connectivity index (χ2n) is 5.05. The van der Waals surface area contributed by atoms with Crippen molar-refractivity contribution in [3.8, 4) is 0 Å². The van der Waals surface area contributed by atoms with Crippen LogP contribution in [0.4, 0.5) is 11.4 Å². The predicted molar refractivity (Wildman–Crippen MR) is 92.9 cm³/mol. The number of halogens is 1. The maximum Gasteiger partial charge on any atom is 0.255 e. The highest BCUT2D eigenvalue weighted by Crippen LogP contribution is 2.26. The highest BCUT2D eigenvalue weighted by molar-refractivity contribution is 6.31. The molecule has 0 fully saturated rings. The molecule has 5 nitrogen and oxygen atoms in total. The lowest BCUT2D eigenvalue weighted by Crippen LogP contribution is -2.19. The van der Waals surface area contributed by atoms with Crippen molar-refractivity contribution < 1.29 is 9.59 Å². The number of rotatable bonds is 5. The number of nitrogens with one attached hydrogen (secondary N) is 2. The van der Waals surface area contributed by atoms with Crippen LogP contribution in [-0.4, -0.2) is 18.4 Å². The number of carbonyl (C=O) groups excluding carboxylic acids is 2. The molecular weight excluding hydrogens is 314 g/mol. The van der Waals surface area contributed by atoms with E-state index in [9.17, 15) is 9.59 Å². The lowest BCUT2D eigenvalue weighted by Gasteiger charge is -2.13. The van der Waals surface area contributed by atoms with Crippen LogP contribution in [0, 0.1) is 6.92 Å². The van der Waals surface area contributed by atoms with Gasteiger partial charge in [0.2, 0.25) is 5.91 Å². The minimum absolute atomic E-state index is 0.192. The molecule has 6 heteroatoms. The first kappa shape index (κ1) is 17.0. The summed E-state index contributed by atoms with van der Waals surface area (Å²) in [7, 11) is 0. The molecule has 0 saturated carbocycles. The normalized spacial score (nSPS) is 10.2. The molecule has 0 aliphatic heterocycles. The quantitative estimate of drug-likeness (QED) is 0.786. The molecular formula is C17H18ClN3O2. The second-order valence-corrected chi connectivity index (χ2v) is 5.48. The Hall–Kier alpha value is -2.37. The lowest BCUT2D eigenvalue weighted by molar-refractivity contribution is -0.116.